The first-order valence-electron chi connectivity index (χ1n) is 12.0. The molecule has 3 N–H and O–H groups in total. The summed E-state index contributed by atoms with van der Waals surface area (Å²) in [6.07, 6.45) is 7.84. The van der Waals surface area contributed by atoms with Crippen LogP contribution in [-0.2, 0) is 20.8 Å². The van der Waals surface area contributed by atoms with Crippen LogP contribution >= 0.6 is 0 Å². The topological polar surface area (TPSA) is 110 Å². The van der Waals surface area contributed by atoms with Gasteiger partial charge in [-0.05, 0) is 50.1 Å². The molecule has 0 spiro atoms. The first-order chi connectivity index (χ1) is 16.5. The molecule has 3 aliphatic heterocycles. The third-order valence-electron chi connectivity index (χ3n) is 7.04. The van der Waals surface area contributed by atoms with Crippen molar-refractivity contribution < 1.29 is 24.6 Å². The number of carbonyl (C=O) groups is 3. The Morgan fingerprint density at radius 2 is 1.88 bits per heavy atom. The number of amides is 1. The van der Waals surface area contributed by atoms with Gasteiger partial charge in [0, 0.05) is 38.3 Å². The fourth-order valence-electron chi connectivity index (χ4n) is 5.91. The number of hydrogen-bond donors (Lipinski definition) is 3. The molecule has 1 amide bonds. The van der Waals surface area contributed by atoms with Crippen molar-refractivity contribution in [3.8, 4) is 0 Å². The Bertz CT molecular complexity index is 796. The summed E-state index contributed by atoms with van der Waals surface area (Å²) in [6.45, 7) is 10.9. The highest BCUT2D eigenvalue weighted by Gasteiger charge is 2.46. The van der Waals surface area contributed by atoms with Crippen LogP contribution < -0.4 is 5.32 Å². The lowest BCUT2D eigenvalue weighted by molar-refractivity contribution is -0.123. The number of nitrogens with zero attached hydrogens (tertiary/aromatic N) is 2. The zero-order valence-corrected chi connectivity index (χ0v) is 20.1. The van der Waals surface area contributed by atoms with Crippen LogP contribution in [0.25, 0.3) is 0 Å². The Balaban J connectivity index is 0.000000618. The van der Waals surface area contributed by atoms with Crippen LogP contribution in [0.15, 0.2) is 36.9 Å². The van der Waals surface area contributed by atoms with Crippen LogP contribution in [-0.4, -0.2) is 83.7 Å². The first-order valence-corrected chi connectivity index (χ1v) is 12.0. The van der Waals surface area contributed by atoms with Crippen molar-refractivity contribution in [1.29, 1.82) is 0 Å². The van der Waals surface area contributed by atoms with E-state index >= 15 is 0 Å². The Kier molecular flexibility index (Phi) is 11.8. The minimum atomic E-state index is -0.250. The Labute approximate surface area is 202 Å². The van der Waals surface area contributed by atoms with Gasteiger partial charge >= 0.3 is 0 Å². The number of nitrogens with one attached hydrogen (secondary N) is 1. The second-order valence-corrected chi connectivity index (χ2v) is 9.31. The average molecular weight is 474 g/mol. The zero-order chi connectivity index (χ0) is 24.9. The van der Waals surface area contributed by atoms with Gasteiger partial charge in [-0.2, -0.15) is 0 Å². The minimum absolute atomic E-state index is 0.153. The average Bonchev–Trinajstić information content (AvgIpc) is 2.80. The Morgan fingerprint density at radius 3 is 2.56 bits per heavy atom. The van der Waals surface area contributed by atoms with Crippen molar-refractivity contribution in [2.45, 2.75) is 51.1 Å². The number of carbonyl (C=O) groups excluding carboxylic acids is 1. The van der Waals surface area contributed by atoms with Gasteiger partial charge in [-0.25, -0.2) is 0 Å². The minimum Gasteiger partial charge on any atom is -0.483 e. The molecule has 8 heteroatoms. The third-order valence-corrected chi connectivity index (χ3v) is 7.04. The number of fused-ring (bicyclic) bond motifs is 4. The molecule has 0 radical (unpaired) electrons. The number of benzene rings is 1. The molecule has 188 valence electrons. The number of hydrogen-bond acceptors (Lipinski definition) is 5. The number of aryl methyl sites for hydroxylation is 1. The van der Waals surface area contributed by atoms with Crippen LogP contribution in [0.1, 0.15) is 36.8 Å². The highest BCUT2D eigenvalue weighted by molar-refractivity contribution is 5.78. The summed E-state index contributed by atoms with van der Waals surface area (Å²) in [6, 6.07) is 9.46. The van der Waals surface area contributed by atoms with Gasteiger partial charge in [-0.1, -0.05) is 42.3 Å². The molecule has 8 nitrogen and oxygen atoms in total. The largest absolute Gasteiger partial charge is 0.483 e. The molecule has 4 atom stereocenters. The van der Waals surface area contributed by atoms with Crippen molar-refractivity contribution in [3.63, 3.8) is 0 Å². The molecule has 0 aliphatic carbocycles. The first kappa shape index (κ1) is 27.5. The van der Waals surface area contributed by atoms with Crippen molar-refractivity contribution in [3.05, 3.63) is 48.0 Å². The molecule has 1 aromatic rings. The van der Waals surface area contributed by atoms with Gasteiger partial charge in [0.25, 0.3) is 12.9 Å². The number of likely N-dealkylation sites (tertiary alicyclic amines) is 1. The highest BCUT2D eigenvalue weighted by atomic mass is 16.3. The van der Waals surface area contributed by atoms with Crippen LogP contribution in [0.2, 0.25) is 0 Å². The second kappa shape index (κ2) is 14.5. The van der Waals surface area contributed by atoms with Gasteiger partial charge in [0.2, 0.25) is 5.91 Å². The van der Waals surface area contributed by atoms with Crippen molar-refractivity contribution in [2.24, 2.45) is 11.8 Å². The van der Waals surface area contributed by atoms with Crippen LogP contribution in [0.4, 0.5) is 0 Å². The third kappa shape index (κ3) is 7.95. The predicted octanol–water partition coefficient (Wildman–Crippen LogP) is 2.42. The van der Waals surface area contributed by atoms with Crippen LogP contribution in [0, 0.1) is 18.8 Å². The molecule has 0 aromatic heterocycles. The summed E-state index contributed by atoms with van der Waals surface area (Å²) in [5, 5.41) is 17.1. The van der Waals surface area contributed by atoms with Crippen LogP contribution in [0.5, 0.6) is 0 Å². The fraction of sp³-hybridized carbons (Fsp3) is 0.577. The lowest BCUT2D eigenvalue weighted by Gasteiger charge is -2.56. The van der Waals surface area contributed by atoms with E-state index < -0.39 is 0 Å². The van der Waals surface area contributed by atoms with Crippen molar-refractivity contribution in [2.75, 3.05) is 32.7 Å². The van der Waals surface area contributed by atoms with E-state index in [-0.39, 0.29) is 18.9 Å². The molecular formula is C26H39N3O5. The standard InChI is InChI=1S/C24H35N3O.2CH2O2/c1-3-10-26-16-20-14-21(17-26)23(27-11-5-4-9-22(20)27)15-25-24(28)13-19-8-6-7-18(2)12-19;2*2-1-3/h3,6-8,12,20-23H,1,4-5,9-11,13-17H2,2H3,(H,25,28);2*1H,(H,2,3)/t20-,21+,22+,23+;;/m1../s1. The molecule has 3 saturated heterocycles. The molecular weight excluding hydrogens is 434 g/mol. The maximum absolute atomic E-state index is 12.6. The summed E-state index contributed by atoms with van der Waals surface area (Å²) in [5.41, 5.74) is 2.32. The second-order valence-electron chi connectivity index (χ2n) is 9.31. The van der Waals surface area contributed by atoms with E-state index in [0.717, 1.165) is 31.1 Å². The van der Waals surface area contributed by atoms with Crippen LogP contribution in [0.3, 0.4) is 0 Å². The summed E-state index contributed by atoms with van der Waals surface area (Å²) in [5.74, 6) is 1.60. The highest BCUT2D eigenvalue weighted by Crippen LogP contribution is 2.40. The molecule has 0 saturated carbocycles. The quantitative estimate of drug-likeness (QED) is 0.430. The summed E-state index contributed by atoms with van der Waals surface area (Å²) < 4.78 is 0. The predicted molar refractivity (Wildman–Crippen MR) is 132 cm³/mol. The molecule has 2 bridgehead atoms. The monoisotopic (exact) mass is 473 g/mol. The van der Waals surface area contributed by atoms with E-state index in [2.05, 4.69) is 40.8 Å². The lowest BCUT2D eigenvalue weighted by Crippen LogP contribution is -2.65. The Hall–Kier alpha value is -2.71. The number of carboxylic acid groups (broad SMARTS) is 2. The van der Waals surface area contributed by atoms with E-state index in [1.54, 1.807) is 0 Å². The summed E-state index contributed by atoms with van der Waals surface area (Å²) >= 11 is 0. The van der Waals surface area contributed by atoms with E-state index in [1.807, 2.05) is 18.2 Å². The number of rotatable bonds is 6. The van der Waals surface area contributed by atoms with E-state index in [0.29, 0.717) is 24.4 Å². The molecule has 3 aliphatic rings. The maximum atomic E-state index is 12.6. The zero-order valence-electron chi connectivity index (χ0n) is 20.1. The Morgan fingerprint density at radius 1 is 1.18 bits per heavy atom. The molecule has 3 heterocycles. The van der Waals surface area contributed by atoms with Gasteiger partial charge in [-0.15, -0.1) is 6.58 Å². The summed E-state index contributed by atoms with van der Waals surface area (Å²) in [4.78, 5) is 34.7. The molecule has 1 aromatic carbocycles. The SMILES string of the molecule is C=CCN1C[C@H]2C[C@@H](C1)[C@H](CNC(=O)Cc1cccc(C)c1)N1CCCC[C@@H]21.O=CO.O=CO. The van der Waals surface area contributed by atoms with Gasteiger partial charge in [0.05, 0.1) is 6.42 Å². The van der Waals surface area contributed by atoms with Gasteiger partial charge in [0.15, 0.2) is 0 Å². The van der Waals surface area contributed by atoms with E-state index in [1.165, 1.54) is 44.3 Å². The van der Waals surface area contributed by atoms with Gasteiger partial charge in [0.1, 0.15) is 0 Å². The fourth-order valence-corrected chi connectivity index (χ4v) is 5.91. The lowest BCUT2D eigenvalue weighted by atomic mass is 9.72. The summed E-state index contributed by atoms with van der Waals surface area (Å²) in [7, 11) is 0. The van der Waals surface area contributed by atoms with E-state index in [4.69, 9.17) is 19.8 Å². The normalized spacial score (nSPS) is 25.8. The maximum Gasteiger partial charge on any atom is 0.290 e. The molecule has 4 rings (SSSR count). The smallest absolute Gasteiger partial charge is 0.290 e. The molecule has 0 unspecified atom stereocenters. The van der Waals surface area contributed by atoms with Crippen molar-refractivity contribution in [1.82, 2.24) is 15.1 Å². The van der Waals surface area contributed by atoms with Gasteiger partial charge < -0.3 is 15.5 Å². The molecule has 34 heavy (non-hydrogen) atoms. The van der Waals surface area contributed by atoms with E-state index in [9.17, 15) is 4.79 Å². The number of piperidine rings is 3. The molecule has 3 fully saturated rings. The van der Waals surface area contributed by atoms with Crippen molar-refractivity contribution >= 4 is 18.9 Å². The van der Waals surface area contributed by atoms with Gasteiger partial charge in [-0.3, -0.25) is 24.2 Å².